The van der Waals surface area contributed by atoms with Crippen LogP contribution >= 0.6 is 12.6 Å². The Kier molecular flexibility index (Phi) is 7.67. The molecule has 4 heterocycles. The molecule has 0 bridgehead atoms. The number of imidazole rings is 1. The molecular formula is C22H31N5O7S2. The number of carbonyl (C=O) groups is 2. The zero-order valence-corrected chi connectivity index (χ0v) is 22.3. The number of carbonyl (C=O) groups excluding carboxylic acids is 2. The summed E-state index contributed by atoms with van der Waals surface area (Å²) in [6, 6.07) is 0. The number of thiol groups is 1. The van der Waals surface area contributed by atoms with E-state index in [0.29, 0.717) is 25.9 Å². The number of amides is 1. The number of aromatic nitrogens is 3. The summed E-state index contributed by atoms with van der Waals surface area (Å²) in [7, 11) is -3.66. The molecule has 2 atom stereocenters. The standard InChI is InChI=1S/C22H31N5O7S2/c1-4-5-8-33-19-18(21(30)35)23-22-25(13-17(28)24-10-14(2)34-15(3)11-24)12-16(27(22)20(19)29)26-7-6-9-36(26,31)32/h12,14-15H,4-11,13H2,1-3H3,(H,30,35)/t14-,15-/m0/s1. The first-order valence-corrected chi connectivity index (χ1v) is 14.0. The Bertz CT molecular complexity index is 1330. The molecule has 0 aromatic carbocycles. The summed E-state index contributed by atoms with van der Waals surface area (Å²) in [4.78, 5) is 45.1. The molecule has 0 saturated carbocycles. The Hall–Kier alpha value is -2.58. The highest BCUT2D eigenvalue weighted by Crippen LogP contribution is 2.27. The minimum atomic E-state index is -3.66. The molecule has 2 aromatic rings. The molecule has 2 fully saturated rings. The van der Waals surface area contributed by atoms with Crippen LogP contribution in [0.2, 0.25) is 0 Å². The summed E-state index contributed by atoms with van der Waals surface area (Å²) in [6.07, 6.45) is 2.98. The molecule has 2 aromatic heterocycles. The van der Waals surface area contributed by atoms with Crippen molar-refractivity contribution < 1.29 is 27.5 Å². The number of hydrogen-bond acceptors (Lipinski definition) is 8. The van der Waals surface area contributed by atoms with Gasteiger partial charge in [-0.1, -0.05) is 26.0 Å². The first-order valence-electron chi connectivity index (χ1n) is 12.0. The number of rotatable bonds is 8. The summed E-state index contributed by atoms with van der Waals surface area (Å²) in [6.45, 7) is 6.66. The third-order valence-corrected chi connectivity index (χ3v) is 8.22. The fraction of sp³-hybridized carbons (Fsp3) is 0.636. The molecule has 198 valence electrons. The van der Waals surface area contributed by atoms with Gasteiger partial charge in [0.25, 0.3) is 0 Å². The van der Waals surface area contributed by atoms with Gasteiger partial charge < -0.3 is 18.9 Å². The number of morpholine rings is 1. The van der Waals surface area contributed by atoms with Crippen LogP contribution < -0.4 is 14.6 Å². The number of ether oxygens (including phenoxy) is 2. The Morgan fingerprint density at radius 3 is 2.53 bits per heavy atom. The van der Waals surface area contributed by atoms with Crippen molar-refractivity contribution in [1.29, 1.82) is 0 Å². The fourth-order valence-electron chi connectivity index (χ4n) is 4.56. The summed E-state index contributed by atoms with van der Waals surface area (Å²) in [5.74, 6) is -0.590. The summed E-state index contributed by atoms with van der Waals surface area (Å²) >= 11 is 3.87. The van der Waals surface area contributed by atoms with Crippen molar-refractivity contribution in [3.63, 3.8) is 0 Å². The quantitative estimate of drug-likeness (QED) is 0.385. The van der Waals surface area contributed by atoms with Crippen LogP contribution in [0.1, 0.15) is 50.5 Å². The van der Waals surface area contributed by atoms with E-state index in [-0.39, 0.29) is 66.6 Å². The second kappa shape index (κ2) is 10.4. The predicted octanol–water partition coefficient (Wildman–Crippen LogP) is 0.921. The molecule has 0 spiro atoms. The highest BCUT2D eigenvalue weighted by atomic mass is 32.2. The maximum Gasteiger partial charge on any atom is 0.303 e. The van der Waals surface area contributed by atoms with Crippen LogP contribution in [-0.2, 0) is 26.1 Å². The number of sulfonamides is 1. The normalized spacial score (nSPS) is 21.8. The Morgan fingerprint density at radius 1 is 1.25 bits per heavy atom. The zero-order valence-electron chi connectivity index (χ0n) is 20.5. The maximum absolute atomic E-state index is 13.6. The van der Waals surface area contributed by atoms with Gasteiger partial charge >= 0.3 is 5.56 Å². The minimum absolute atomic E-state index is 0.0416. The van der Waals surface area contributed by atoms with E-state index in [0.717, 1.165) is 15.1 Å². The van der Waals surface area contributed by atoms with Gasteiger partial charge in [0.2, 0.25) is 32.6 Å². The lowest BCUT2D eigenvalue weighted by Crippen LogP contribution is -2.49. The summed E-state index contributed by atoms with van der Waals surface area (Å²) < 4.78 is 40.4. The number of nitrogens with zero attached hydrogens (tertiary/aromatic N) is 5. The largest absolute Gasteiger partial charge is 0.486 e. The minimum Gasteiger partial charge on any atom is -0.486 e. The first-order chi connectivity index (χ1) is 17.0. The van der Waals surface area contributed by atoms with E-state index in [1.807, 2.05) is 20.8 Å². The zero-order chi connectivity index (χ0) is 26.2. The Balaban J connectivity index is 1.85. The van der Waals surface area contributed by atoms with Gasteiger partial charge in [-0.25, -0.2) is 17.8 Å². The summed E-state index contributed by atoms with van der Waals surface area (Å²) in [5.41, 5.74) is -1.01. The van der Waals surface area contributed by atoms with Gasteiger partial charge in [0.05, 0.1) is 30.8 Å². The lowest BCUT2D eigenvalue weighted by Gasteiger charge is -2.35. The van der Waals surface area contributed by atoms with Crippen molar-refractivity contribution in [2.75, 3.05) is 36.3 Å². The molecule has 0 N–H and O–H groups in total. The van der Waals surface area contributed by atoms with Crippen LogP contribution in [0.15, 0.2) is 11.0 Å². The molecule has 2 aliphatic rings. The Labute approximate surface area is 214 Å². The average molecular weight is 542 g/mol. The summed E-state index contributed by atoms with van der Waals surface area (Å²) in [5, 5.41) is -0.772. The molecule has 2 saturated heterocycles. The van der Waals surface area contributed by atoms with Gasteiger partial charge in [0, 0.05) is 19.6 Å². The predicted molar refractivity (Wildman–Crippen MR) is 136 cm³/mol. The van der Waals surface area contributed by atoms with Crippen molar-refractivity contribution in [2.24, 2.45) is 0 Å². The molecule has 4 rings (SSSR count). The molecular weight excluding hydrogens is 510 g/mol. The molecule has 0 unspecified atom stereocenters. The second-order valence-electron chi connectivity index (χ2n) is 9.15. The van der Waals surface area contributed by atoms with E-state index in [4.69, 9.17) is 9.47 Å². The van der Waals surface area contributed by atoms with Crippen molar-refractivity contribution in [1.82, 2.24) is 18.9 Å². The van der Waals surface area contributed by atoms with Crippen molar-refractivity contribution in [3.05, 3.63) is 22.2 Å². The van der Waals surface area contributed by atoms with Crippen LogP contribution in [0.3, 0.4) is 0 Å². The third-order valence-electron chi connectivity index (χ3n) is 6.16. The highest BCUT2D eigenvalue weighted by molar-refractivity contribution is 7.97. The van der Waals surface area contributed by atoms with Crippen molar-refractivity contribution in [2.45, 2.75) is 58.8 Å². The van der Waals surface area contributed by atoms with Gasteiger partial charge in [-0.05, 0) is 26.7 Å². The molecule has 1 amide bonds. The van der Waals surface area contributed by atoms with E-state index < -0.39 is 20.7 Å². The number of anilines is 1. The molecule has 0 radical (unpaired) electrons. The lowest BCUT2D eigenvalue weighted by atomic mass is 10.2. The van der Waals surface area contributed by atoms with E-state index in [1.165, 1.54) is 10.8 Å². The smallest absolute Gasteiger partial charge is 0.303 e. The third kappa shape index (κ3) is 5.11. The second-order valence-corrected chi connectivity index (χ2v) is 11.6. The van der Waals surface area contributed by atoms with Crippen LogP contribution in [-0.4, -0.2) is 82.5 Å². The van der Waals surface area contributed by atoms with E-state index >= 15 is 0 Å². The molecule has 14 heteroatoms. The van der Waals surface area contributed by atoms with Gasteiger partial charge in [-0.15, -0.1) is 0 Å². The number of fused-ring (bicyclic) bond motifs is 1. The number of hydrogen-bond donors (Lipinski definition) is 1. The molecule has 2 aliphatic heterocycles. The van der Waals surface area contributed by atoms with Gasteiger partial charge in [-0.3, -0.25) is 18.7 Å². The van der Waals surface area contributed by atoms with Crippen molar-refractivity contribution >= 4 is 45.3 Å². The van der Waals surface area contributed by atoms with Crippen molar-refractivity contribution in [3.8, 4) is 5.75 Å². The monoisotopic (exact) mass is 541 g/mol. The lowest BCUT2D eigenvalue weighted by molar-refractivity contribution is -0.143. The van der Waals surface area contributed by atoms with E-state index in [1.54, 1.807) is 4.90 Å². The fourth-order valence-corrected chi connectivity index (χ4v) is 6.25. The number of unbranched alkanes of at least 4 members (excludes halogenated alkanes) is 1. The molecule has 36 heavy (non-hydrogen) atoms. The topological polar surface area (TPSA) is 133 Å². The van der Waals surface area contributed by atoms with E-state index in [9.17, 15) is 22.8 Å². The van der Waals surface area contributed by atoms with Crippen LogP contribution in [0, 0.1) is 0 Å². The van der Waals surface area contributed by atoms with E-state index in [2.05, 4.69) is 17.6 Å². The SMILES string of the molecule is CCCCOc1c(C(=O)S)nc2n(CC(=O)N3C[C@H](C)O[C@@H](C)C3)cc(N3CCCS3(=O)=O)n2c1=O. The van der Waals surface area contributed by atoms with Crippen LogP contribution in [0.4, 0.5) is 5.82 Å². The first kappa shape index (κ1) is 26.5. The van der Waals surface area contributed by atoms with Gasteiger partial charge in [0.15, 0.2) is 5.69 Å². The maximum atomic E-state index is 13.6. The molecule has 12 nitrogen and oxygen atoms in total. The van der Waals surface area contributed by atoms with Crippen LogP contribution in [0.5, 0.6) is 5.75 Å². The average Bonchev–Trinajstić information content (AvgIpc) is 3.33. The van der Waals surface area contributed by atoms with Gasteiger partial charge in [-0.2, -0.15) is 0 Å². The van der Waals surface area contributed by atoms with Crippen LogP contribution in [0.25, 0.3) is 5.78 Å². The molecule has 0 aliphatic carbocycles. The Morgan fingerprint density at radius 2 is 1.94 bits per heavy atom. The van der Waals surface area contributed by atoms with Gasteiger partial charge in [0.1, 0.15) is 12.4 Å². The highest BCUT2D eigenvalue weighted by Gasteiger charge is 2.34.